The summed E-state index contributed by atoms with van der Waals surface area (Å²) >= 11 is 1.21. The number of carboxylic acids is 1. The van der Waals surface area contributed by atoms with Crippen LogP contribution in [0.4, 0.5) is 0 Å². The lowest BCUT2D eigenvalue weighted by molar-refractivity contribution is 0.00578. The van der Waals surface area contributed by atoms with Gasteiger partial charge in [0.2, 0.25) is 0 Å². The zero-order chi connectivity index (χ0) is 16.5. The van der Waals surface area contributed by atoms with E-state index < -0.39 is 24.3 Å². The number of carboxylic acid groups (broad SMARTS) is 1. The summed E-state index contributed by atoms with van der Waals surface area (Å²) < 4.78 is 12.1. The monoisotopic (exact) mass is 323 g/mol. The minimum atomic E-state index is -0.907. The first-order valence-electron chi connectivity index (χ1n) is 7.19. The number of aromatic carboxylic acids is 1. The molecule has 1 aliphatic rings. The third kappa shape index (κ3) is 3.43. The Kier molecular flexibility index (Phi) is 4.82. The van der Waals surface area contributed by atoms with E-state index >= 15 is 0 Å². The predicted molar refractivity (Wildman–Crippen MR) is 89.3 cm³/mol. The van der Waals surface area contributed by atoms with Gasteiger partial charge in [0.15, 0.2) is 0 Å². The minimum absolute atomic E-state index is 0.323. The highest BCUT2D eigenvalue weighted by atomic mass is 32.1. The van der Waals surface area contributed by atoms with Crippen molar-refractivity contribution in [2.45, 2.75) is 38.9 Å². The summed E-state index contributed by atoms with van der Waals surface area (Å²) in [7, 11) is 1.42. The van der Waals surface area contributed by atoms with Crippen LogP contribution in [0.25, 0.3) is 6.08 Å². The molecule has 2 rings (SSSR count). The van der Waals surface area contributed by atoms with E-state index in [2.05, 4.69) is 5.32 Å². The van der Waals surface area contributed by atoms with Crippen molar-refractivity contribution in [1.82, 2.24) is 5.32 Å². The van der Waals surface area contributed by atoms with Crippen molar-refractivity contribution in [3.63, 3.8) is 0 Å². The Morgan fingerprint density at radius 1 is 1.36 bits per heavy atom. The molecule has 2 N–H and O–H groups in total. The normalized spacial score (nSPS) is 20.4. The molecule has 0 aliphatic carbocycles. The third-order valence-electron chi connectivity index (χ3n) is 4.12. The standard InChI is InChI=1S/C15H22BNO4S/c1-14(2)15(3,4)21-16(20-14)11(8-17-5)6-10-7-12(13(18)19)22-9-10/h6-7,9,17H,8H2,1-5H3,(H,18,19). The molecule has 0 radical (unpaired) electrons. The van der Waals surface area contributed by atoms with Crippen LogP contribution in [-0.2, 0) is 9.31 Å². The molecule has 120 valence electrons. The highest BCUT2D eigenvalue weighted by Gasteiger charge is 2.52. The molecule has 0 saturated carbocycles. The van der Waals surface area contributed by atoms with Crippen molar-refractivity contribution in [2.24, 2.45) is 0 Å². The van der Waals surface area contributed by atoms with Crippen molar-refractivity contribution in [2.75, 3.05) is 13.6 Å². The van der Waals surface area contributed by atoms with Crippen LogP contribution in [0.5, 0.6) is 0 Å². The largest absolute Gasteiger partial charge is 0.491 e. The molecule has 1 saturated heterocycles. The quantitative estimate of drug-likeness (QED) is 0.816. The van der Waals surface area contributed by atoms with Crippen molar-refractivity contribution in [3.8, 4) is 0 Å². The van der Waals surface area contributed by atoms with E-state index in [4.69, 9.17) is 14.4 Å². The first-order valence-corrected chi connectivity index (χ1v) is 8.07. The SMILES string of the molecule is CNCC(=Cc1csc(C(=O)O)c1)B1OC(C)(C)C(C)(C)O1. The summed E-state index contributed by atoms with van der Waals surface area (Å²) in [6.45, 7) is 8.65. The van der Waals surface area contributed by atoms with Crippen LogP contribution in [0.2, 0.25) is 0 Å². The second-order valence-electron chi connectivity index (χ2n) is 6.39. The van der Waals surface area contributed by atoms with Gasteiger partial charge in [0.25, 0.3) is 0 Å². The number of thiophene rings is 1. The fraction of sp³-hybridized carbons (Fsp3) is 0.533. The lowest BCUT2D eigenvalue weighted by Gasteiger charge is -2.32. The Morgan fingerprint density at radius 3 is 2.41 bits per heavy atom. The maximum atomic E-state index is 11.0. The number of hydrogen-bond donors (Lipinski definition) is 2. The van der Waals surface area contributed by atoms with E-state index in [-0.39, 0.29) is 0 Å². The van der Waals surface area contributed by atoms with Crippen LogP contribution in [-0.4, -0.2) is 43.0 Å². The molecule has 1 aliphatic heterocycles. The number of nitrogens with one attached hydrogen (secondary N) is 1. The van der Waals surface area contributed by atoms with Crippen LogP contribution < -0.4 is 5.32 Å². The van der Waals surface area contributed by atoms with E-state index in [9.17, 15) is 4.79 Å². The van der Waals surface area contributed by atoms with Gasteiger partial charge in [0.05, 0.1) is 11.2 Å². The Labute approximate surface area is 135 Å². The zero-order valence-electron chi connectivity index (χ0n) is 13.6. The Hall–Kier alpha value is -1.15. The van der Waals surface area contributed by atoms with Crippen LogP contribution in [0.15, 0.2) is 16.9 Å². The Morgan fingerprint density at radius 2 is 1.95 bits per heavy atom. The minimum Gasteiger partial charge on any atom is -0.477 e. The molecule has 0 bridgehead atoms. The van der Waals surface area contributed by atoms with Crippen LogP contribution in [0.1, 0.15) is 42.9 Å². The highest BCUT2D eigenvalue weighted by molar-refractivity contribution is 7.12. The molecule has 1 fully saturated rings. The first kappa shape index (κ1) is 17.2. The van der Waals surface area contributed by atoms with Crippen molar-refractivity contribution >= 4 is 30.5 Å². The van der Waals surface area contributed by atoms with E-state index in [1.165, 1.54) is 11.3 Å². The van der Waals surface area contributed by atoms with E-state index in [0.717, 1.165) is 11.0 Å². The van der Waals surface area contributed by atoms with Gasteiger partial charge in [-0.25, -0.2) is 4.79 Å². The fourth-order valence-corrected chi connectivity index (χ4v) is 2.86. The third-order valence-corrected chi connectivity index (χ3v) is 5.06. The van der Waals surface area contributed by atoms with Gasteiger partial charge in [0, 0.05) is 6.54 Å². The van der Waals surface area contributed by atoms with Gasteiger partial charge in [-0.3, -0.25) is 0 Å². The van der Waals surface area contributed by atoms with Crippen LogP contribution in [0.3, 0.4) is 0 Å². The van der Waals surface area contributed by atoms with Gasteiger partial charge in [-0.2, -0.15) is 0 Å². The van der Waals surface area contributed by atoms with Gasteiger partial charge in [-0.15, -0.1) is 11.3 Å². The molecular formula is C15H22BNO4S. The Balaban J connectivity index is 2.26. The molecule has 22 heavy (non-hydrogen) atoms. The van der Waals surface area contributed by atoms with Crippen molar-refractivity contribution in [1.29, 1.82) is 0 Å². The number of carbonyl (C=O) groups is 1. The van der Waals surface area contributed by atoms with Crippen molar-refractivity contribution < 1.29 is 19.2 Å². The molecule has 1 aromatic heterocycles. The molecule has 7 heteroatoms. The topological polar surface area (TPSA) is 67.8 Å². The average Bonchev–Trinajstić information content (AvgIpc) is 2.92. The molecule has 0 unspecified atom stereocenters. The van der Waals surface area contributed by atoms with E-state index in [0.29, 0.717) is 11.4 Å². The van der Waals surface area contributed by atoms with Gasteiger partial charge in [-0.05, 0) is 57.2 Å². The zero-order valence-corrected chi connectivity index (χ0v) is 14.4. The molecule has 5 nitrogen and oxygen atoms in total. The summed E-state index contributed by atoms with van der Waals surface area (Å²) in [5.41, 5.74) is 0.995. The second-order valence-corrected chi connectivity index (χ2v) is 7.30. The summed E-state index contributed by atoms with van der Waals surface area (Å²) in [4.78, 5) is 11.3. The molecule has 1 aromatic rings. The Bertz CT molecular complexity index is 578. The second kappa shape index (κ2) is 6.16. The van der Waals surface area contributed by atoms with Gasteiger partial charge in [0.1, 0.15) is 4.88 Å². The van der Waals surface area contributed by atoms with Gasteiger partial charge in [-0.1, -0.05) is 6.08 Å². The lowest BCUT2D eigenvalue weighted by Crippen LogP contribution is -2.41. The summed E-state index contributed by atoms with van der Waals surface area (Å²) in [6, 6.07) is 1.66. The highest BCUT2D eigenvalue weighted by Crippen LogP contribution is 2.38. The van der Waals surface area contributed by atoms with Crippen LogP contribution >= 0.6 is 11.3 Å². The lowest BCUT2D eigenvalue weighted by atomic mass is 9.77. The maximum absolute atomic E-state index is 11.0. The van der Waals surface area contributed by atoms with E-state index in [1.807, 2.05) is 46.2 Å². The fourth-order valence-electron chi connectivity index (χ4n) is 2.15. The molecule has 0 spiro atoms. The predicted octanol–water partition coefficient (Wildman–Crippen LogP) is 2.68. The first-order chi connectivity index (χ1) is 10.2. The molecule has 0 amide bonds. The summed E-state index contributed by atoms with van der Waals surface area (Å²) in [5, 5.41) is 13.9. The van der Waals surface area contributed by atoms with Gasteiger partial charge < -0.3 is 19.7 Å². The maximum Gasteiger partial charge on any atom is 0.491 e. The van der Waals surface area contributed by atoms with Crippen molar-refractivity contribution in [3.05, 3.63) is 27.4 Å². The van der Waals surface area contributed by atoms with Gasteiger partial charge >= 0.3 is 13.1 Å². The van der Waals surface area contributed by atoms with E-state index in [1.54, 1.807) is 6.07 Å². The number of rotatable bonds is 5. The van der Waals surface area contributed by atoms with Crippen LogP contribution in [0, 0.1) is 0 Å². The average molecular weight is 323 g/mol. The molecular weight excluding hydrogens is 301 g/mol. The molecule has 0 atom stereocenters. The smallest absolute Gasteiger partial charge is 0.477 e. The number of hydrogen-bond acceptors (Lipinski definition) is 5. The molecule has 2 heterocycles. The number of likely N-dealkylation sites (N-methyl/N-ethyl adjacent to an activating group) is 1. The summed E-state index contributed by atoms with van der Waals surface area (Å²) in [5.74, 6) is -0.907. The summed E-state index contributed by atoms with van der Waals surface area (Å²) in [6.07, 6.45) is 1.93. The molecule has 0 aromatic carbocycles.